The van der Waals surface area contributed by atoms with Crippen LogP contribution in [0.1, 0.15) is 19.4 Å². The number of benzene rings is 1. The Labute approximate surface area is 106 Å². The summed E-state index contributed by atoms with van der Waals surface area (Å²) < 4.78 is 37.5. The molecule has 6 heteroatoms. The summed E-state index contributed by atoms with van der Waals surface area (Å²) in [5.41, 5.74) is -1.12. The van der Waals surface area contributed by atoms with Crippen molar-refractivity contribution in [1.82, 2.24) is 0 Å². The van der Waals surface area contributed by atoms with E-state index in [1.165, 1.54) is 6.07 Å². The number of aliphatic hydroxyl groups is 1. The third kappa shape index (κ3) is 4.55. The average Bonchev–Trinajstić information content (AvgIpc) is 2.12. The molecule has 0 bridgehead atoms. The van der Waals surface area contributed by atoms with Gasteiger partial charge in [0.05, 0.1) is 11.2 Å². The van der Waals surface area contributed by atoms with Gasteiger partial charge in [0.15, 0.2) is 0 Å². The zero-order chi connectivity index (χ0) is 13.3. The van der Waals surface area contributed by atoms with E-state index in [0.29, 0.717) is 10.2 Å². The Balaban J connectivity index is 2.84. The van der Waals surface area contributed by atoms with Crippen molar-refractivity contribution in [3.8, 4) is 0 Å². The SMILES string of the molecule is CC(C)(O)CNc1ccc(C(F)(F)F)cc1Br. The Morgan fingerprint density at radius 3 is 2.29 bits per heavy atom. The number of rotatable bonds is 3. The summed E-state index contributed by atoms with van der Waals surface area (Å²) in [6.07, 6.45) is -4.35. The molecule has 0 heterocycles. The van der Waals surface area contributed by atoms with E-state index in [0.717, 1.165) is 12.1 Å². The number of hydrogen-bond acceptors (Lipinski definition) is 2. The molecule has 1 aromatic carbocycles. The molecule has 0 radical (unpaired) electrons. The lowest BCUT2D eigenvalue weighted by Gasteiger charge is -2.19. The van der Waals surface area contributed by atoms with E-state index in [2.05, 4.69) is 21.2 Å². The Morgan fingerprint density at radius 2 is 1.88 bits per heavy atom. The van der Waals surface area contributed by atoms with Crippen LogP contribution in [0.5, 0.6) is 0 Å². The third-order valence-electron chi connectivity index (χ3n) is 2.01. The molecule has 0 aliphatic rings. The molecule has 0 unspecified atom stereocenters. The van der Waals surface area contributed by atoms with Crippen molar-refractivity contribution in [2.75, 3.05) is 11.9 Å². The predicted molar refractivity (Wildman–Crippen MR) is 63.9 cm³/mol. The van der Waals surface area contributed by atoms with Gasteiger partial charge in [0.2, 0.25) is 0 Å². The fraction of sp³-hybridized carbons (Fsp3) is 0.455. The Bertz CT molecular complexity index is 399. The molecule has 0 atom stereocenters. The van der Waals surface area contributed by atoms with Gasteiger partial charge in [-0.05, 0) is 48.0 Å². The molecule has 0 spiro atoms. The summed E-state index contributed by atoms with van der Waals surface area (Å²) in [4.78, 5) is 0. The lowest BCUT2D eigenvalue weighted by molar-refractivity contribution is -0.137. The summed E-state index contributed by atoms with van der Waals surface area (Å²) in [6.45, 7) is 3.47. The van der Waals surface area contributed by atoms with Gasteiger partial charge in [0, 0.05) is 16.7 Å². The van der Waals surface area contributed by atoms with E-state index in [9.17, 15) is 18.3 Å². The average molecular weight is 312 g/mol. The van der Waals surface area contributed by atoms with Gasteiger partial charge in [0.25, 0.3) is 0 Å². The van der Waals surface area contributed by atoms with Crippen LogP contribution in [0.3, 0.4) is 0 Å². The molecule has 0 saturated heterocycles. The van der Waals surface area contributed by atoms with Gasteiger partial charge in [-0.25, -0.2) is 0 Å². The Kier molecular flexibility index (Phi) is 4.09. The van der Waals surface area contributed by atoms with E-state index in [-0.39, 0.29) is 6.54 Å². The van der Waals surface area contributed by atoms with Crippen LogP contribution in [-0.4, -0.2) is 17.3 Å². The number of alkyl halides is 3. The van der Waals surface area contributed by atoms with E-state index in [1.54, 1.807) is 13.8 Å². The van der Waals surface area contributed by atoms with Gasteiger partial charge in [0.1, 0.15) is 0 Å². The van der Waals surface area contributed by atoms with Crippen molar-refractivity contribution < 1.29 is 18.3 Å². The van der Waals surface area contributed by atoms with E-state index >= 15 is 0 Å². The first-order valence-electron chi connectivity index (χ1n) is 4.92. The van der Waals surface area contributed by atoms with E-state index in [4.69, 9.17) is 0 Å². The molecule has 96 valence electrons. The number of anilines is 1. The molecule has 0 aliphatic carbocycles. The van der Waals surface area contributed by atoms with Crippen molar-refractivity contribution >= 4 is 21.6 Å². The van der Waals surface area contributed by atoms with Gasteiger partial charge in [-0.2, -0.15) is 13.2 Å². The fourth-order valence-corrected chi connectivity index (χ4v) is 1.67. The standard InChI is InChI=1S/C11H13BrF3NO/c1-10(2,17)6-16-9-4-3-7(5-8(9)12)11(13,14)15/h3-5,16-17H,6H2,1-2H3. The minimum atomic E-state index is -4.35. The van der Waals surface area contributed by atoms with Crippen LogP contribution in [0.4, 0.5) is 18.9 Å². The van der Waals surface area contributed by atoms with Crippen molar-refractivity contribution in [2.24, 2.45) is 0 Å². The first-order valence-corrected chi connectivity index (χ1v) is 5.72. The molecule has 0 aliphatic heterocycles. The number of hydrogen-bond donors (Lipinski definition) is 2. The minimum Gasteiger partial charge on any atom is -0.389 e. The lowest BCUT2D eigenvalue weighted by Crippen LogP contribution is -2.29. The fourth-order valence-electron chi connectivity index (χ4n) is 1.15. The maximum absolute atomic E-state index is 12.4. The lowest BCUT2D eigenvalue weighted by atomic mass is 10.1. The van der Waals surface area contributed by atoms with Gasteiger partial charge in [-0.1, -0.05) is 0 Å². The van der Waals surface area contributed by atoms with Crippen LogP contribution >= 0.6 is 15.9 Å². The highest BCUT2D eigenvalue weighted by atomic mass is 79.9. The highest BCUT2D eigenvalue weighted by Gasteiger charge is 2.30. The van der Waals surface area contributed by atoms with E-state index < -0.39 is 17.3 Å². The zero-order valence-corrected chi connectivity index (χ0v) is 11.0. The molecule has 1 aromatic rings. The molecule has 2 N–H and O–H groups in total. The summed E-state index contributed by atoms with van der Waals surface area (Å²) in [7, 11) is 0. The van der Waals surface area contributed by atoms with Crippen LogP contribution in [0.25, 0.3) is 0 Å². The number of nitrogens with one attached hydrogen (secondary N) is 1. The molecule has 0 saturated carbocycles. The molecule has 1 rings (SSSR count). The van der Waals surface area contributed by atoms with Gasteiger partial charge in [-0.15, -0.1) is 0 Å². The maximum atomic E-state index is 12.4. The largest absolute Gasteiger partial charge is 0.416 e. The summed E-state index contributed by atoms with van der Waals surface area (Å²) in [5.74, 6) is 0. The van der Waals surface area contributed by atoms with Crippen molar-refractivity contribution in [3.63, 3.8) is 0 Å². The first-order chi connectivity index (χ1) is 7.59. The predicted octanol–water partition coefficient (Wildman–Crippen LogP) is 3.65. The second kappa shape index (κ2) is 4.86. The summed E-state index contributed by atoms with van der Waals surface area (Å²) in [5, 5.41) is 12.4. The molecule has 0 fully saturated rings. The van der Waals surface area contributed by atoms with Crippen molar-refractivity contribution in [3.05, 3.63) is 28.2 Å². The van der Waals surface area contributed by atoms with Crippen molar-refractivity contribution in [2.45, 2.75) is 25.6 Å². The van der Waals surface area contributed by atoms with Crippen LogP contribution in [0.15, 0.2) is 22.7 Å². The minimum absolute atomic E-state index is 0.247. The highest BCUT2D eigenvalue weighted by Crippen LogP contribution is 2.33. The topological polar surface area (TPSA) is 32.3 Å². The zero-order valence-electron chi connectivity index (χ0n) is 9.40. The van der Waals surface area contributed by atoms with Gasteiger partial charge in [-0.3, -0.25) is 0 Å². The second-order valence-electron chi connectivity index (χ2n) is 4.36. The second-order valence-corrected chi connectivity index (χ2v) is 5.21. The van der Waals surface area contributed by atoms with Crippen molar-refractivity contribution in [1.29, 1.82) is 0 Å². The summed E-state index contributed by atoms with van der Waals surface area (Å²) >= 11 is 3.06. The Hall–Kier alpha value is -0.750. The highest BCUT2D eigenvalue weighted by molar-refractivity contribution is 9.10. The molecule has 0 aromatic heterocycles. The number of halogens is 4. The molecule has 2 nitrogen and oxygen atoms in total. The van der Waals surface area contributed by atoms with Gasteiger partial charge >= 0.3 is 6.18 Å². The maximum Gasteiger partial charge on any atom is 0.416 e. The summed E-state index contributed by atoms with van der Waals surface area (Å²) in [6, 6.07) is 3.34. The van der Waals surface area contributed by atoms with Crippen LogP contribution in [0.2, 0.25) is 0 Å². The molecular formula is C11H13BrF3NO. The van der Waals surface area contributed by atoms with Crippen LogP contribution in [0, 0.1) is 0 Å². The normalized spacial score (nSPS) is 12.6. The van der Waals surface area contributed by atoms with Gasteiger partial charge < -0.3 is 10.4 Å². The third-order valence-corrected chi connectivity index (χ3v) is 2.66. The van der Waals surface area contributed by atoms with Crippen LogP contribution in [-0.2, 0) is 6.18 Å². The first kappa shape index (κ1) is 14.3. The van der Waals surface area contributed by atoms with E-state index in [1.807, 2.05) is 0 Å². The Morgan fingerprint density at radius 1 is 1.29 bits per heavy atom. The van der Waals surface area contributed by atoms with Crippen LogP contribution < -0.4 is 5.32 Å². The molecule has 0 amide bonds. The quantitative estimate of drug-likeness (QED) is 0.893. The smallest absolute Gasteiger partial charge is 0.389 e. The molecule has 17 heavy (non-hydrogen) atoms. The monoisotopic (exact) mass is 311 g/mol. The molecular weight excluding hydrogens is 299 g/mol.